The lowest BCUT2D eigenvalue weighted by Gasteiger charge is -2.09. The summed E-state index contributed by atoms with van der Waals surface area (Å²) in [6.45, 7) is -0.223. The molecule has 0 amide bonds. The van der Waals surface area contributed by atoms with Crippen molar-refractivity contribution in [3.05, 3.63) is 74.9 Å². The minimum atomic E-state index is -0.880. The molecule has 0 unspecified atom stereocenters. The monoisotopic (exact) mass is 362 g/mol. The molecule has 0 atom stereocenters. The van der Waals surface area contributed by atoms with Crippen LogP contribution >= 0.6 is 11.6 Å². The lowest BCUT2D eigenvalue weighted by Crippen LogP contribution is -2.09. The van der Waals surface area contributed by atoms with E-state index in [1.165, 1.54) is 25.3 Å². The summed E-state index contributed by atoms with van der Waals surface area (Å²) in [6.07, 6.45) is 0. The highest BCUT2D eigenvalue weighted by Gasteiger charge is 2.15. The van der Waals surface area contributed by atoms with Crippen molar-refractivity contribution in [2.24, 2.45) is 0 Å². The normalized spacial score (nSPS) is 10.7. The van der Waals surface area contributed by atoms with Crippen LogP contribution in [-0.2, 0) is 11.3 Å². The quantitative estimate of drug-likeness (QED) is 0.519. The fraction of sp³-hybridized carbons (Fsp3) is 0.111. The first-order valence-corrected chi connectivity index (χ1v) is 7.58. The van der Waals surface area contributed by atoms with Gasteiger partial charge in [0.05, 0.1) is 12.7 Å². The first-order valence-electron chi connectivity index (χ1n) is 7.21. The number of hydrogen-bond acceptors (Lipinski definition) is 5. The van der Waals surface area contributed by atoms with Crippen molar-refractivity contribution in [3.63, 3.8) is 0 Å². The van der Waals surface area contributed by atoms with Crippen LogP contribution < -0.4 is 10.4 Å². The van der Waals surface area contributed by atoms with Gasteiger partial charge in [-0.25, -0.2) is 14.0 Å². The number of fused-ring (bicyclic) bond motifs is 1. The summed E-state index contributed by atoms with van der Waals surface area (Å²) in [6, 6.07) is 9.73. The highest BCUT2D eigenvalue weighted by atomic mass is 35.5. The van der Waals surface area contributed by atoms with Crippen molar-refractivity contribution in [2.45, 2.75) is 6.61 Å². The van der Waals surface area contributed by atoms with E-state index < -0.39 is 17.4 Å². The predicted octanol–water partition coefficient (Wildman–Crippen LogP) is 3.95. The van der Waals surface area contributed by atoms with Gasteiger partial charge >= 0.3 is 11.6 Å². The number of benzene rings is 2. The molecule has 0 bridgehead atoms. The Morgan fingerprint density at radius 1 is 1.20 bits per heavy atom. The summed E-state index contributed by atoms with van der Waals surface area (Å²) in [5, 5.41) is 0.797. The molecule has 0 fully saturated rings. The number of carbonyl (C=O) groups is 1. The Labute approximate surface area is 146 Å². The minimum Gasteiger partial charge on any atom is -0.497 e. The van der Waals surface area contributed by atoms with Gasteiger partial charge in [-0.3, -0.25) is 0 Å². The molecule has 0 spiro atoms. The van der Waals surface area contributed by atoms with E-state index in [9.17, 15) is 14.0 Å². The van der Waals surface area contributed by atoms with Gasteiger partial charge in [-0.2, -0.15) is 0 Å². The van der Waals surface area contributed by atoms with E-state index in [2.05, 4.69) is 0 Å². The minimum absolute atomic E-state index is 0.214. The van der Waals surface area contributed by atoms with Gasteiger partial charge in [0.2, 0.25) is 0 Å². The Morgan fingerprint density at radius 3 is 2.76 bits per heavy atom. The number of esters is 1. The Morgan fingerprint density at radius 2 is 2.00 bits per heavy atom. The first kappa shape index (κ1) is 17.0. The van der Waals surface area contributed by atoms with Gasteiger partial charge in [0, 0.05) is 28.1 Å². The second kappa shape index (κ2) is 6.94. The maximum absolute atomic E-state index is 13.7. The summed E-state index contributed by atoms with van der Waals surface area (Å²) in [5.74, 6) is -1.10. The zero-order valence-corrected chi connectivity index (χ0v) is 13.8. The molecule has 5 nitrogen and oxygen atoms in total. The number of methoxy groups -OCH3 is 1. The van der Waals surface area contributed by atoms with Crippen molar-refractivity contribution >= 4 is 28.5 Å². The van der Waals surface area contributed by atoms with E-state index in [-0.39, 0.29) is 17.2 Å². The molecular formula is C18H12ClFO5. The summed E-state index contributed by atoms with van der Waals surface area (Å²) in [7, 11) is 1.49. The van der Waals surface area contributed by atoms with Crippen molar-refractivity contribution in [2.75, 3.05) is 7.11 Å². The molecule has 0 saturated heterocycles. The van der Waals surface area contributed by atoms with Crippen LogP contribution in [0.2, 0.25) is 5.02 Å². The Balaban J connectivity index is 1.89. The summed E-state index contributed by atoms with van der Waals surface area (Å²) < 4.78 is 29.0. The van der Waals surface area contributed by atoms with E-state index in [4.69, 9.17) is 25.5 Å². The van der Waals surface area contributed by atoms with E-state index in [0.717, 1.165) is 6.07 Å². The van der Waals surface area contributed by atoms with Gasteiger partial charge in [-0.1, -0.05) is 11.6 Å². The van der Waals surface area contributed by atoms with E-state index in [0.29, 0.717) is 22.3 Å². The summed E-state index contributed by atoms with van der Waals surface area (Å²) in [5.41, 5.74) is -0.140. The molecule has 3 rings (SSSR count). The van der Waals surface area contributed by atoms with Gasteiger partial charge in [0.25, 0.3) is 0 Å². The van der Waals surface area contributed by atoms with Gasteiger partial charge < -0.3 is 13.9 Å². The maximum Gasteiger partial charge on any atom is 0.341 e. The van der Waals surface area contributed by atoms with Crippen LogP contribution in [-0.4, -0.2) is 13.1 Å². The van der Waals surface area contributed by atoms with E-state index in [1.807, 2.05) is 0 Å². The van der Waals surface area contributed by atoms with Gasteiger partial charge in [0.1, 0.15) is 23.8 Å². The van der Waals surface area contributed by atoms with Crippen molar-refractivity contribution < 1.29 is 23.1 Å². The van der Waals surface area contributed by atoms with Crippen LogP contribution in [0.1, 0.15) is 15.9 Å². The van der Waals surface area contributed by atoms with Crippen LogP contribution in [0.3, 0.4) is 0 Å². The average Bonchev–Trinajstić information content (AvgIpc) is 2.60. The van der Waals surface area contributed by atoms with Crippen LogP contribution in [0.5, 0.6) is 5.75 Å². The van der Waals surface area contributed by atoms with Crippen molar-refractivity contribution in [1.82, 2.24) is 0 Å². The molecule has 25 heavy (non-hydrogen) atoms. The highest BCUT2D eigenvalue weighted by Crippen LogP contribution is 2.23. The zero-order valence-electron chi connectivity index (χ0n) is 13.0. The number of hydrogen-bond donors (Lipinski definition) is 0. The molecule has 2 aromatic carbocycles. The molecule has 1 heterocycles. The first-order chi connectivity index (χ1) is 12.0. The van der Waals surface area contributed by atoms with Crippen molar-refractivity contribution in [1.29, 1.82) is 0 Å². The predicted molar refractivity (Wildman–Crippen MR) is 89.6 cm³/mol. The summed E-state index contributed by atoms with van der Waals surface area (Å²) >= 11 is 5.77. The van der Waals surface area contributed by atoms with Crippen molar-refractivity contribution in [3.8, 4) is 5.75 Å². The molecule has 0 saturated carbocycles. The summed E-state index contributed by atoms with van der Waals surface area (Å²) in [4.78, 5) is 23.8. The second-order valence-electron chi connectivity index (χ2n) is 5.15. The molecule has 0 aliphatic carbocycles. The SMILES string of the molecule is COc1ccc2c(COC(=O)c3cc(Cl)ccc3F)cc(=O)oc2c1. The van der Waals surface area contributed by atoms with E-state index in [1.54, 1.807) is 18.2 Å². The highest BCUT2D eigenvalue weighted by molar-refractivity contribution is 6.30. The average molecular weight is 363 g/mol. The standard InChI is InChI=1S/C18H12ClFO5/c1-23-12-3-4-13-10(6-17(21)25-16(13)8-12)9-24-18(22)14-7-11(19)2-5-15(14)20/h2-8H,9H2,1H3. The van der Waals surface area contributed by atoms with Crippen LogP contribution in [0, 0.1) is 5.82 Å². The molecule has 3 aromatic rings. The molecular weight excluding hydrogens is 351 g/mol. The lowest BCUT2D eigenvalue weighted by molar-refractivity contribution is 0.0468. The molecule has 0 aliphatic heterocycles. The third-order valence-electron chi connectivity index (χ3n) is 3.54. The second-order valence-corrected chi connectivity index (χ2v) is 5.59. The third-order valence-corrected chi connectivity index (χ3v) is 3.78. The number of rotatable bonds is 4. The Kier molecular flexibility index (Phi) is 4.72. The largest absolute Gasteiger partial charge is 0.497 e. The molecule has 1 aromatic heterocycles. The maximum atomic E-state index is 13.7. The molecule has 0 radical (unpaired) electrons. The smallest absolute Gasteiger partial charge is 0.341 e. The Hall–Kier alpha value is -2.86. The number of carbonyl (C=O) groups excluding carboxylic acids is 1. The third kappa shape index (κ3) is 3.64. The van der Waals surface area contributed by atoms with Gasteiger partial charge in [-0.15, -0.1) is 0 Å². The molecule has 128 valence electrons. The topological polar surface area (TPSA) is 65.7 Å². The number of ether oxygens (including phenoxy) is 2. The van der Waals surface area contributed by atoms with Gasteiger partial charge in [0.15, 0.2) is 0 Å². The zero-order chi connectivity index (χ0) is 18.0. The molecule has 0 aliphatic rings. The fourth-order valence-electron chi connectivity index (χ4n) is 2.33. The lowest BCUT2D eigenvalue weighted by atomic mass is 10.1. The van der Waals surface area contributed by atoms with Gasteiger partial charge in [-0.05, 0) is 30.3 Å². The Bertz CT molecular complexity index is 1010. The van der Waals surface area contributed by atoms with Crippen LogP contribution in [0.4, 0.5) is 4.39 Å². The van der Waals surface area contributed by atoms with E-state index >= 15 is 0 Å². The van der Waals surface area contributed by atoms with Crippen LogP contribution in [0.25, 0.3) is 11.0 Å². The molecule has 0 N–H and O–H groups in total. The number of halogens is 2. The fourth-order valence-corrected chi connectivity index (χ4v) is 2.50. The molecule has 7 heteroatoms. The van der Waals surface area contributed by atoms with Crippen LogP contribution in [0.15, 0.2) is 51.7 Å².